The lowest BCUT2D eigenvalue weighted by molar-refractivity contribution is -0.138. The second-order valence-corrected chi connectivity index (χ2v) is 8.34. The van der Waals surface area contributed by atoms with Gasteiger partial charge in [-0.1, -0.05) is 17.7 Å². The summed E-state index contributed by atoms with van der Waals surface area (Å²) in [7, 11) is 0. The van der Waals surface area contributed by atoms with Crippen molar-refractivity contribution >= 4 is 29.1 Å². The SMILES string of the molecule is Cc1ccc(N2C[C@H](C(=O)N3CCC(C(=O)Nc4ccc(F)cc4)CC3)CC2=O)cc1. The van der Waals surface area contributed by atoms with Crippen LogP contribution in [0.1, 0.15) is 24.8 Å². The van der Waals surface area contributed by atoms with Crippen LogP contribution in [-0.2, 0) is 14.4 Å². The largest absolute Gasteiger partial charge is 0.342 e. The van der Waals surface area contributed by atoms with E-state index in [0.717, 1.165) is 11.3 Å². The summed E-state index contributed by atoms with van der Waals surface area (Å²) in [5.41, 5.74) is 2.50. The highest BCUT2D eigenvalue weighted by atomic mass is 19.1. The van der Waals surface area contributed by atoms with Crippen molar-refractivity contribution in [3.63, 3.8) is 0 Å². The lowest BCUT2D eigenvalue weighted by Crippen LogP contribution is -2.44. The van der Waals surface area contributed by atoms with E-state index in [-0.39, 0.29) is 41.8 Å². The van der Waals surface area contributed by atoms with Crippen LogP contribution in [0.4, 0.5) is 15.8 Å². The Hall–Kier alpha value is -3.22. The Morgan fingerprint density at radius 2 is 1.61 bits per heavy atom. The van der Waals surface area contributed by atoms with E-state index >= 15 is 0 Å². The van der Waals surface area contributed by atoms with E-state index in [2.05, 4.69) is 5.32 Å². The molecular formula is C24H26FN3O3. The number of aryl methyl sites for hydroxylation is 1. The van der Waals surface area contributed by atoms with Crippen LogP contribution in [0.25, 0.3) is 0 Å². The first kappa shape index (κ1) is 21.0. The molecule has 1 atom stereocenters. The first-order valence-corrected chi connectivity index (χ1v) is 10.6. The van der Waals surface area contributed by atoms with E-state index in [1.165, 1.54) is 24.3 Å². The van der Waals surface area contributed by atoms with E-state index in [0.29, 0.717) is 38.2 Å². The molecule has 1 N–H and O–H groups in total. The van der Waals surface area contributed by atoms with Gasteiger partial charge in [0, 0.05) is 43.3 Å². The van der Waals surface area contributed by atoms with Crippen LogP contribution < -0.4 is 10.2 Å². The van der Waals surface area contributed by atoms with Gasteiger partial charge in [0.15, 0.2) is 0 Å². The van der Waals surface area contributed by atoms with Crippen LogP contribution in [0.15, 0.2) is 48.5 Å². The molecule has 7 heteroatoms. The van der Waals surface area contributed by atoms with Gasteiger partial charge in [0.05, 0.1) is 5.92 Å². The normalized spacial score (nSPS) is 19.5. The van der Waals surface area contributed by atoms with Crippen molar-refractivity contribution in [3.8, 4) is 0 Å². The second-order valence-electron chi connectivity index (χ2n) is 8.34. The van der Waals surface area contributed by atoms with E-state index in [9.17, 15) is 18.8 Å². The Kier molecular flexibility index (Phi) is 6.02. The van der Waals surface area contributed by atoms with Crippen LogP contribution in [0.5, 0.6) is 0 Å². The third kappa shape index (κ3) is 4.76. The molecule has 0 unspecified atom stereocenters. The Labute approximate surface area is 181 Å². The quantitative estimate of drug-likeness (QED) is 0.820. The molecule has 0 radical (unpaired) electrons. The fraction of sp³-hybridized carbons (Fsp3) is 0.375. The number of nitrogens with one attached hydrogen (secondary N) is 1. The number of carbonyl (C=O) groups excluding carboxylic acids is 3. The maximum Gasteiger partial charge on any atom is 0.228 e. The average Bonchev–Trinajstić information content (AvgIpc) is 3.17. The zero-order valence-electron chi connectivity index (χ0n) is 17.5. The van der Waals surface area contributed by atoms with Crippen LogP contribution in [-0.4, -0.2) is 42.3 Å². The molecule has 2 fully saturated rings. The van der Waals surface area contributed by atoms with Crippen molar-refractivity contribution < 1.29 is 18.8 Å². The standard InChI is InChI=1S/C24H26FN3O3/c1-16-2-8-21(9-3-16)28-15-18(14-22(28)29)24(31)27-12-10-17(11-13-27)23(30)26-20-6-4-19(25)5-7-20/h2-9,17-18H,10-15H2,1H3,(H,26,30)/t18-/m1/s1. The summed E-state index contributed by atoms with van der Waals surface area (Å²) in [6.45, 7) is 3.38. The summed E-state index contributed by atoms with van der Waals surface area (Å²) in [6.07, 6.45) is 1.36. The molecule has 4 rings (SSSR count). The van der Waals surface area contributed by atoms with Crippen LogP contribution in [0, 0.1) is 24.6 Å². The molecular weight excluding hydrogens is 397 g/mol. The maximum absolute atomic E-state index is 13.0. The Morgan fingerprint density at radius 3 is 2.26 bits per heavy atom. The molecule has 2 aromatic rings. The molecule has 0 bridgehead atoms. The highest BCUT2D eigenvalue weighted by Gasteiger charge is 2.38. The number of amides is 3. The highest BCUT2D eigenvalue weighted by Crippen LogP contribution is 2.28. The van der Waals surface area contributed by atoms with Gasteiger partial charge in [-0.15, -0.1) is 0 Å². The molecule has 31 heavy (non-hydrogen) atoms. The summed E-state index contributed by atoms with van der Waals surface area (Å²) >= 11 is 0. The first-order chi connectivity index (χ1) is 14.9. The molecule has 2 aromatic carbocycles. The number of hydrogen-bond acceptors (Lipinski definition) is 3. The van der Waals surface area contributed by atoms with Gasteiger partial charge in [-0.3, -0.25) is 14.4 Å². The van der Waals surface area contributed by atoms with Gasteiger partial charge in [-0.2, -0.15) is 0 Å². The minimum atomic E-state index is -0.351. The average molecular weight is 423 g/mol. The van der Waals surface area contributed by atoms with Crippen molar-refractivity contribution in [2.45, 2.75) is 26.2 Å². The number of benzene rings is 2. The second kappa shape index (κ2) is 8.88. The molecule has 0 spiro atoms. The number of likely N-dealkylation sites (tertiary alicyclic amines) is 1. The Bertz CT molecular complexity index is 967. The van der Waals surface area contributed by atoms with Gasteiger partial charge < -0.3 is 15.1 Å². The van der Waals surface area contributed by atoms with Gasteiger partial charge in [0.25, 0.3) is 0 Å². The van der Waals surface area contributed by atoms with Gasteiger partial charge in [-0.05, 0) is 56.2 Å². The fourth-order valence-corrected chi connectivity index (χ4v) is 4.25. The highest BCUT2D eigenvalue weighted by molar-refractivity contribution is 6.00. The topological polar surface area (TPSA) is 69.7 Å². The molecule has 2 aliphatic rings. The van der Waals surface area contributed by atoms with Crippen molar-refractivity contribution in [1.82, 2.24) is 4.90 Å². The third-order valence-electron chi connectivity index (χ3n) is 6.11. The van der Waals surface area contributed by atoms with E-state index in [4.69, 9.17) is 0 Å². The molecule has 0 saturated carbocycles. The summed E-state index contributed by atoms with van der Waals surface area (Å²) < 4.78 is 13.0. The molecule has 162 valence electrons. The maximum atomic E-state index is 13.0. The van der Waals surface area contributed by atoms with Gasteiger partial charge in [0.1, 0.15) is 5.82 Å². The number of halogens is 1. The molecule has 2 saturated heterocycles. The summed E-state index contributed by atoms with van der Waals surface area (Å²) in [6, 6.07) is 13.4. The Morgan fingerprint density at radius 1 is 0.968 bits per heavy atom. The zero-order chi connectivity index (χ0) is 22.0. The number of piperidine rings is 1. The lowest BCUT2D eigenvalue weighted by Gasteiger charge is -2.33. The van der Waals surface area contributed by atoms with Crippen molar-refractivity contribution in [2.75, 3.05) is 29.9 Å². The van der Waals surface area contributed by atoms with Crippen LogP contribution in [0.2, 0.25) is 0 Å². The number of hydrogen-bond donors (Lipinski definition) is 1. The minimum absolute atomic E-state index is 0.0136. The van der Waals surface area contributed by atoms with Gasteiger partial charge in [0.2, 0.25) is 17.7 Å². The van der Waals surface area contributed by atoms with Gasteiger partial charge >= 0.3 is 0 Å². The van der Waals surface area contributed by atoms with Crippen molar-refractivity contribution in [3.05, 3.63) is 59.9 Å². The van der Waals surface area contributed by atoms with E-state index in [1.54, 1.807) is 9.80 Å². The number of nitrogens with zero attached hydrogens (tertiary/aromatic N) is 2. The number of rotatable bonds is 4. The minimum Gasteiger partial charge on any atom is -0.342 e. The lowest BCUT2D eigenvalue weighted by atomic mass is 9.94. The van der Waals surface area contributed by atoms with Crippen LogP contribution in [0.3, 0.4) is 0 Å². The Balaban J connectivity index is 1.30. The molecule has 0 aliphatic carbocycles. The molecule has 3 amide bonds. The first-order valence-electron chi connectivity index (χ1n) is 10.6. The monoisotopic (exact) mass is 423 g/mol. The number of carbonyl (C=O) groups is 3. The molecule has 6 nitrogen and oxygen atoms in total. The summed E-state index contributed by atoms with van der Waals surface area (Å²) in [5, 5.41) is 2.81. The van der Waals surface area contributed by atoms with E-state index < -0.39 is 0 Å². The van der Waals surface area contributed by atoms with E-state index in [1.807, 2.05) is 31.2 Å². The predicted octanol–water partition coefficient (Wildman–Crippen LogP) is 3.36. The summed E-state index contributed by atoms with van der Waals surface area (Å²) in [5.74, 6) is -1.05. The van der Waals surface area contributed by atoms with Crippen molar-refractivity contribution in [1.29, 1.82) is 0 Å². The summed E-state index contributed by atoms with van der Waals surface area (Å²) in [4.78, 5) is 41.4. The third-order valence-corrected chi connectivity index (χ3v) is 6.11. The molecule has 2 aliphatic heterocycles. The predicted molar refractivity (Wildman–Crippen MR) is 116 cm³/mol. The number of anilines is 2. The smallest absolute Gasteiger partial charge is 0.228 e. The zero-order valence-corrected chi connectivity index (χ0v) is 17.5. The van der Waals surface area contributed by atoms with Crippen molar-refractivity contribution in [2.24, 2.45) is 11.8 Å². The van der Waals surface area contributed by atoms with Gasteiger partial charge in [-0.25, -0.2) is 4.39 Å². The van der Waals surface area contributed by atoms with Crippen LogP contribution >= 0.6 is 0 Å². The molecule has 0 aromatic heterocycles. The fourth-order valence-electron chi connectivity index (χ4n) is 4.25. The molecule has 2 heterocycles.